The Morgan fingerprint density at radius 3 is 2.78 bits per heavy atom. The van der Waals surface area contributed by atoms with Gasteiger partial charge < -0.3 is 25.1 Å². The number of benzene rings is 2. The van der Waals surface area contributed by atoms with Crippen LogP contribution in [0.2, 0.25) is 0 Å². The minimum atomic E-state index is -0.0692. The fraction of sp³-hybridized carbons (Fsp3) is 0.417. The lowest BCUT2D eigenvalue weighted by atomic mass is 9.85. The van der Waals surface area contributed by atoms with E-state index in [0.717, 1.165) is 48.1 Å². The van der Waals surface area contributed by atoms with Crippen molar-refractivity contribution in [1.29, 1.82) is 0 Å². The summed E-state index contributed by atoms with van der Waals surface area (Å²) in [6, 6.07) is 11.7. The predicted molar refractivity (Wildman–Crippen MR) is 126 cm³/mol. The van der Waals surface area contributed by atoms with E-state index in [1.54, 1.807) is 12.1 Å². The number of nitrogens with two attached hydrogens (primary N) is 1. The largest absolute Gasteiger partial charge is 0.486 e. The van der Waals surface area contributed by atoms with Crippen LogP contribution in [-0.2, 0) is 13.6 Å². The van der Waals surface area contributed by atoms with E-state index < -0.39 is 0 Å². The summed E-state index contributed by atoms with van der Waals surface area (Å²) in [6.07, 6.45) is 4.01. The van der Waals surface area contributed by atoms with E-state index in [4.69, 9.17) is 20.2 Å². The number of amides is 1. The van der Waals surface area contributed by atoms with Gasteiger partial charge in [-0.05, 0) is 55.2 Å². The average Bonchev–Trinajstić information content (AvgIpc) is 3.14. The number of rotatable bonds is 4. The minimum absolute atomic E-state index is 0. The summed E-state index contributed by atoms with van der Waals surface area (Å²) < 4.78 is 13.3. The molecule has 1 saturated carbocycles. The monoisotopic (exact) mass is 456 g/mol. The number of aryl methyl sites for hydroxylation is 1. The summed E-state index contributed by atoms with van der Waals surface area (Å²) in [5.74, 6) is 2.66. The Labute approximate surface area is 193 Å². The molecule has 8 heteroatoms. The highest BCUT2D eigenvalue weighted by atomic mass is 35.5. The first-order chi connectivity index (χ1) is 15.1. The topological polar surface area (TPSA) is 91.4 Å². The maximum atomic E-state index is 12.9. The first kappa shape index (κ1) is 22.4. The van der Waals surface area contributed by atoms with Crippen LogP contribution in [-0.4, -0.2) is 34.7 Å². The van der Waals surface area contributed by atoms with Crippen LogP contribution in [0.3, 0.4) is 0 Å². The van der Waals surface area contributed by atoms with Gasteiger partial charge in [-0.15, -0.1) is 12.4 Å². The molecule has 2 heterocycles. The number of carbonyl (C=O) groups excluding carboxylic acids is 1. The molecule has 0 saturated heterocycles. The van der Waals surface area contributed by atoms with Crippen molar-refractivity contribution in [3.63, 3.8) is 0 Å². The molecule has 3 aromatic rings. The molecule has 32 heavy (non-hydrogen) atoms. The maximum absolute atomic E-state index is 12.9. The van der Waals surface area contributed by atoms with Gasteiger partial charge in [-0.2, -0.15) is 0 Å². The van der Waals surface area contributed by atoms with Gasteiger partial charge in [-0.25, -0.2) is 4.98 Å². The van der Waals surface area contributed by atoms with Gasteiger partial charge in [-0.3, -0.25) is 4.79 Å². The van der Waals surface area contributed by atoms with Gasteiger partial charge in [0.25, 0.3) is 5.91 Å². The first-order valence-electron chi connectivity index (χ1n) is 11.0. The van der Waals surface area contributed by atoms with Crippen molar-refractivity contribution in [2.24, 2.45) is 12.8 Å². The molecule has 2 unspecified atom stereocenters. The molecule has 0 radical (unpaired) electrons. The van der Waals surface area contributed by atoms with Crippen molar-refractivity contribution in [3.05, 3.63) is 53.3 Å². The number of hydrogen-bond acceptors (Lipinski definition) is 5. The normalized spacial score (nSPS) is 19.9. The Kier molecular flexibility index (Phi) is 6.58. The van der Waals surface area contributed by atoms with Gasteiger partial charge in [0.1, 0.15) is 19.0 Å². The summed E-state index contributed by atoms with van der Waals surface area (Å²) in [5.41, 5.74) is 9.59. The number of nitrogens with one attached hydrogen (secondary N) is 1. The molecule has 1 amide bonds. The minimum Gasteiger partial charge on any atom is -0.486 e. The summed E-state index contributed by atoms with van der Waals surface area (Å²) in [4.78, 5) is 17.8. The van der Waals surface area contributed by atoms with Gasteiger partial charge in [-0.1, -0.05) is 12.5 Å². The van der Waals surface area contributed by atoms with Gasteiger partial charge >= 0.3 is 0 Å². The van der Waals surface area contributed by atoms with Crippen molar-refractivity contribution in [1.82, 2.24) is 14.9 Å². The number of carbonyl (C=O) groups is 1. The summed E-state index contributed by atoms with van der Waals surface area (Å²) >= 11 is 0. The molecule has 2 aromatic carbocycles. The average molecular weight is 457 g/mol. The number of halogens is 1. The van der Waals surface area contributed by atoms with Crippen LogP contribution in [0.25, 0.3) is 11.0 Å². The van der Waals surface area contributed by atoms with Crippen molar-refractivity contribution in [3.8, 4) is 11.5 Å². The van der Waals surface area contributed by atoms with Crippen LogP contribution in [0.15, 0.2) is 36.4 Å². The van der Waals surface area contributed by atoms with E-state index in [1.165, 1.54) is 0 Å². The van der Waals surface area contributed by atoms with Crippen molar-refractivity contribution in [2.45, 2.75) is 44.2 Å². The van der Waals surface area contributed by atoms with Crippen LogP contribution >= 0.6 is 12.4 Å². The highest BCUT2D eigenvalue weighted by molar-refractivity contribution is 5.95. The van der Waals surface area contributed by atoms with Crippen molar-refractivity contribution < 1.29 is 14.3 Å². The molecule has 0 spiro atoms. The number of aromatic nitrogens is 2. The summed E-state index contributed by atoms with van der Waals surface area (Å²) in [6.45, 7) is 1.56. The van der Waals surface area contributed by atoms with E-state index in [1.807, 2.05) is 6.07 Å². The van der Waals surface area contributed by atoms with Gasteiger partial charge in [0, 0.05) is 31.1 Å². The van der Waals surface area contributed by atoms with Crippen LogP contribution < -0.4 is 20.5 Å². The van der Waals surface area contributed by atoms with E-state index in [2.05, 4.69) is 35.1 Å². The van der Waals surface area contributed by atoms with Crippen molar-refractivity contribution in [2.75, 3.05) is 13.2 Å². The third kappa shape index (κ3) is 4.27. The molecule has 5 rings (SSSR count). The molecule has 2 aliphatic rings. The molecular formula is C24H29ClN4O3. The molecule has 170 valence electrons. The lowest BCUT2D eigenvalue weighted by Crippen LogP contribution is -2.38. The molecule has 1 aliphatic carbocycles. The van der Waals surface area contributed by atoms with Gasteiger partial charge in [0.2, 0.25) is 0 Å². The summed E-state index contributed by atoms with van der Waals surface area (Å²) in [5, 5.41) is 3.22. The predicted octanol–water partition coefficient (Wildman–Crippen LogP) is 3.68. The molecule has 1 aliphatic heterocycles. The molecule has 1 aromatic heterocycles. The second-order valence-corrected chi connectivity index (χ2v) is 8.45. The number of nitrogens with zero attached hydrogens (tertiary/aromatic N) is 2. The highest BCUT2D eigenvalue weighted by Gasteiger charge is 2.28. The third-order valence-corrected chi connectivity index (χ3v) is 6.39. The zero-order valence-electron chi connectivity index (χ0n) is 18.2. The fourth-order valence-corrected chi connectivity index (χ4v) is 4.76. The Morgan fingerprint density at radius 1 is 1.16 bits per heavy atom. The van der Waals surface area contributed by atoms with Crippen LogP contribution in [0.4, 0.5) is 0 Å². The van der Waals surface area contributed by atoms with E-state index in [9.17, 15) is 4.79 Å². The Hall–Kier alpha value is -2.77. The smallest absolute Gasteiger partial charge is 0.251 e. The third-order valence-electron chi connectivity index (χ3n) is 6.39. The Balaban J connectivity index is 0.00000245. The Morgan fingerprint density at radius 2 is 1.97 bits per heavy atom. The van der Waals surface area contributed by atoms with Crippen LogP contribution in [0, 0.1) is 0 Å². The second-order valence-electron chi connectivity index (χ2n) is 8.45. The molecule has 0 bridgehead atoms. The number of fused-ring (bicyclic) bond motifs is 2. The first-order valence-corrected chi connectivity index (χ1v) is 11.0. The Bertz CT molecular complexity index is 1130. The van der Waals surface area contributed by atoms with E-state index in [-0.39, 0.29) is 24.4 Å². The molecule has 7 nitrogen and oxygen atoms in total. The zero-order chi connectivity index (χ0) is 21.4. The fourth-order valence-electron chi connectivity index (χ4n) is 4.76. The van der Waals surface area contributed by atoms with E-state index >= 15 is 0 Å². The number of ether oxygens (including phenoxy) is 2. The quantitative estimate of drug-likeness (QED) is 0.624. The van der Waals surface area contributed by atoms with Gasteiger partial charge in [0.05, 0.1) is 11.0 Å². The second kappa shape index (κ2) is 9.38. The maximum Gasteiger partial charge on any atom is 0.251 e. The molecule has 1 fully saturated rings. The highest BCUT2D eigenvalue weighted by Crippen LogP contribution is 2.35. The van der Waals surface area contributed by atoms with Crippen molar-refractivity contribution >= 4 is 29.3 Å². The standard InChI is InChI=1S/C24H28N4O3.ClH/c1-28-20-7-5-15(14-25)11-19(20)27-23(28)16-3-2-4-18(12-16)26-24(29)17-6-8-21-22(13-17)31-10-9-30-21;/h5-8,11,13,16,18H,2-4,9-10,12,14,25H2,1H3,(H,26,29);1H. The molecule has 2 atom stereocenters. The van der Waals surface area contributed by atoms with E-state index in [0.29, 0.717) is 42.7 Å². The SMILES string of the molecule is Cl.Cn1c(C2CCCC(NC(=O)c3ccc4c(c3)OCCO4)C2)nc2cc(CN)ccc21. The number of hydrogen-bond donors (Lipinski definition) is 2. The summed E-state index contributed by atoms with van der Waals surface area (Å²) in [7, 11) is 2.07. The van der Waals surface area contributed by atoms with Crippen LogP contribution in [0.1, 0.15) is 53.3 Å². The zero-order valence-corrected chi connectivity index (χ0v) is 19.0. The van der Waals surface area contributed by atoms with Gasteiger partial charge in [0.15, 0.2) is 11.5 Å². The molecule has 3 N–H and O–H groups in total. The number of imidazole rings is 1. The lowest BCUT2D eigenvalue weighted by molar-refractivity contribution is 0.0923. The molecular weight excluding hydrogens is 428 g/mol. The lowest BCUT2D eigenvalue weighted by Gasteiger charge is -2.29. The van der Waals surface area contributed by atoms with Crippen LogP contribution in [0.5, 0.6) is 11.5 Å².